The van der Waals surface area contributed by atoms with Crippen molar-refractivity contribution in [2.75, 3.05) is 19.8 Å². The van der Waals surface area contributed by atoms with Crippen LogP contribution in [0.2, 0.25) is 0 Å². The van der Waals surface area contributed by atoms with Crippen LogP contribution in [-0.2, 0) is 14.3 Å². The fraction of sp³-hybridized carbons (Fsp3) is 0.636. The van der Waals surface area contributed by atoms with Gasteiger partial charge in [-0.1, -0.05) is 25.5 Å². The molecule has 2 heterocycles. The van der Waals surface area contributed by atoms with Gasteiger partial charge in [0, 0.05) is 13.2 Å². The van der Waals surface area contributed by atoms with Crippen LogP contribution in [0.3, 0.4) is 0 Å². The van der Waals surface area contributed by atoms with Crippen LogP contribution in [0.15, 0.2) is 24.3 Å². The molecule has 2 aliphatic heterocycles. The third-order valence-corrected chi connectivity index (χ3v) is 6.35. The van der Waals surface area contributed by atoms with E-state index in [0.29, 0.717) is 31.9 Å². The van der Waals surface area contributed by atoms with Crippen molar-refractivity contribution >= 4 is 11.8 Å². The molecule has 1 N–H and O–H groups in total. The first-order chi connectivity index (χ1) is 14.0. The normalized spacial score (nSPS) is 31.9. The van der Waals surface area contributed by atoms with Gasteiger partial charge < -0.3 is 14.8 Å². The van der Waals surface area contributed by atoms with Gasteiger partial charge in [-0.3, -0.25) is 14.5 Å². The highest BCUT2D eigenvalue weighted by atomic mass is 19.1. The van der Waals surface area contributed by atoms with Gasteiger partial charge in [-0.05, 0) is 50.2 Å². The maximum absolute atomic E-state index is 14.4. The molecular weight excluding hydrogens is 375 g/mol. The van der Waals surface area contributed by atoms with Crippen molar-refractivity contribution in [1.82, 2.24) is 10.2 Å². The van der Waals surface area contributed by atoms with Crippen molar-refractivity contribution in [3.8, 4) is 0 Å². The first-order valence-corrected chi connectivity index (χ1v) is 10.6. The van der Waals surface area contributed by atoms with Crippen LogP contribution in [0.5, 0.6) is 0 Å². The second-order valence-electron chi connectivity index (χ2n) is 8.51. The number of halogens is 1. The summed E-state index contributed by atoms with van der Waals surface area (Å²) in [4.78, 5) is 28.0. The zero-order valence-corrected chi connectivity index (χ0v) is 16.9. The number of ether oxygens (including phenoxy) is 2. The van der Waals surface area contributed by atoms with Gasteiger partial charge in [-0.15, -0.1) is 0 Å². The van der Waals surface area contributed by atoms with Crippen LogP contribution < -0.4 is 5.32 Å². The van der Waals surface area contributed by atoms with E-state index in [0.717, 1.165) is 25.7 Å². The highest BCUT2D eigenvalue weighted by molar-refractivity contribution is 5.98. The minimum Gasteiger partial charge on any atom is -0.376 e. The Morgan fingerprint density at radius 1 is 1.28 bits per heavy atom. The summed E-state index contributed by atoms with van der Waals surface area (Å²) < 4.78 is 26.1. The van der Waals surface area contributed by atoms with Crippen molar-refractivity contribution in [2.45, 2.75) is 63.3 Å². The number of carbonyl (C=O) groups excluding carboxylic acids is 2. The monoisotopic (exact) mass is 404 g/mol. The molecule has 158 valence electrons. The van der Waals surface area contributed by atoms with E-state index in [1.165, 1.54) is 17.0 Å². The first kappa shape index (κ1) is 20.3. The van der Waals surface area contributed by atoms with Gasteiger partial charge in [-0.2, -0.15) is 0 Å². The molecule has 1 aliphatic carbocycles. The van der Waals surface area contributed by atoms with Crippen molar-refractivity contribution < 1.29 is 23.5 Å². The minimum atomic E-state index is -0.844. The van der Waals surface area contributed by atoms with E-state index in [1.807, 2.05) is 0 Å². The Kier molecular flexibility index (Phi) is 5.88. The van der Waals surface area contributed by atoms with Crippen LogP contribution in [0.4, 0.5) is 4.39 Å². The van der Waals surface area contributed by atoms with Crippen molar-refractivity contribution in [1.29, 1.82) is 0 Å². The largest absolute Gasteiger partial charge is 0.376 e. The Hall–Kier alpha value is -1.99. The Labute approximate surface area is 170 Å². The smallest absolute Gasteiger partial charge is 0.259 e. The third-order valence-electron chi connectivity index (χ3n) is 6.35. The van der Waals surface area contributed by atoms with Gasteiger partial charge in [0.15, 0.2) is 0 Å². The molecule has 6 nitrogen and oxygen atoms in total. The van der Waals surface area contributed by atoms with Crippen molar-refractivity contribution in [2.24, 2.45) is 5.92 Å². The second kappa shape index (κ2) is 8.40. The highest BCUT2D eigenvalue weighted by Gasteiger charge is 2.54. The van der Waals surface area contributed by atoms with Gasteiger partial charge in [0.2, 0.25) is 5.91 Å². The fourth-order valence-electron chi connectivity index (χ4n) is 4.91. The molecule has 7 heteroatoms. The molecule has 0 unspecified atom stereocenters. The molecule has 2 saturated heterocycles. The Morgan fingerprint density at radius 3 is 2.83 bits per heavy atom. The summed E-state index contributed by atoms with van der Waals surface area (Å²) in [6, 6.07) is 5.16. The van der Waals surface area contributed by atoms with E-state index in [1.54, 1.807) is 12.1 Å². The lowest BCUT2D eigenvalue weighted by Crippen LogP contribution is -2.57. The Balaban J connectivity index is 1.59. The second-order valence-corrected chi connectivity index (χ2v) is 8.51. The number of hydrogen-bond acceptors (Lipinski definition) is 4. The molecule has 1 spiro atoms. The summed E-state index contributed by atoms with van der Waals surface area (Å²) in [5.74, 6) is -0.956. The molecule has 1 aromatic rings. The number of benzene rings is 1. The SMILES string of the molecule is C[C@@H]1CCC[C@]2(C1)OC[C@@H](C(=O)NC[C@@H]1CCCO1)N2C(=O)c1ccccc1F. The Morgan fingerprint density at radius 2 is 2.10 bits per heavy atom. The van der Waals surface area contributed by atoms with Crippen molar-refractivity contribution in [3.05, 3.63) is 35.6 Å². The molecule has 1 aromatic carbocycles. The number of amides is 2. The molecule has 3 fully saturated rings. The quantitative estimate of drug-likeness (QED) is 0.838. The number of nitrogens with one attached hydrogen (secondary N) is 1. The molecule has 1 saturated carbocycles. The third kappa shape index (κ3) is 4.03. The molecule has 29 heavy (non-hydrogen) atoms. The van der Waals surface area contributed by atoms with E-state index in [-0.39, 0.29) is 24.2 Å². The lowest BCUT2D eigenvalue weighted by molar-refractivity contribution is -0.128. The summed E-state index contributed by atoms with van der Waals surface area (Å²) in [6.07, 6.45) is 5.21. The highest BCUT2D eigenvalue weighted by Crippen LogP contribution is 2.43. The van der Waals surface area contributed by atoms with E-state index < -0.39 is 23.5 Å². The summed E-state index contributed by atoms with van der Waals surface area (Å²) in [7, 11) is 0. The standard InChI is InChI=1S/C22H29FN2O4/c1-15-6-4-10-22(12-15)25(21(27)17-8-2-3-9-18(17)23)19(14-29-22)20(26)24-13-16-7-5-11-28-16/h2-3,8-9,15-16,19H,4-7,10-14H2,1H3,(H,24,26)/t15-,16+,19+,22-/m1/s1. The van der Waals surface area contributed by atoms with Crippen molar-refractivity contribution in [3.63, 3.8) is 0 Å². The number of nitrogens with zero attached hydrogens (tertiary/aromatic N) is 1. The summed E-state index contributed by atoms with van der Waals surface area (Å²) in [6.45, 7) is 3.39. The van der Waals surface area contributed by atoms with Gasteiger partial charge in [0.1, 0.15) is 17.6 Å². The average molecular weight is 404 g/mol. The summed E-state index contributed by atoms with van der Waals surface area (Å²) in [5.41, 5.74) is -0.865. The van der Waals surface area contributed by atoms with Gasteiger partial charge in [0.25, 0.3) is 5.91 Å². The number of carbonyl (C=O) groups is 2. The van der Waals surface area contributed by atoms with Crippen LogP contribution >= 0.6 is 0 Å². The predicted molar refractivity (Wildman–Crippen MR) is 105 cm³/mol. The molecule has 0 aromatic heterocycles. The Bertz CT molecular complexity index is 767. The van der Waals surface area contributed by atoms with Crippen LogP contribution in [-0.4, -0.2) is 54.3 Å². The molecule has 0 bridgehead atoms. The lowest BCUT2D eigenvalue weighted by atomic mass is 9.83. The topological polar surface area (TPSA) is 67.9 Å². The zero-order chi connectivity index (χ0) is 20.4. The van der Waals surface area contributed by atoms with Crippen LogP contribution in [0.25, 0.3) is 0 Å². The van der Waals surface area contributed by atoms with E-state index >= 15 is 0 Å². The molecular formula is C22H29FN2O4. The molecule has 2 amide bonds. The summed E-state index contributed by atoms with van der Waals surface area (Å²) in [5, 5.41) is 2.92. The van der Waals surface area contributed by atoms with Gasteiger partial charge in [-0.25, -0.2) is 4.39 Å². The molecule has 3 aliphatic rings. The maximum Gasteiger partial charge on any atom is 0.259 e. The van der Waals surface area contributed by atoms with E-state index in [9.17, 15) is 14.0 Å². The fourth-order valence-corrected chi connectivity index (χ4v) is 4.91. The average Bonchev–Trinajstić information content (AvgIpc) is 3.34. The zero-order valence-electron chi connectivity index (χ0n) is 16.9. The van der Waals surface area contributed by atoms with Crippen LogP contribution in [0, 0.1) is 11.7 Å². The summed E-state index contributed by atoms with van der Waals surface area (Å²) >= 11 is 0. The van der Waals surface area contributed by atoms with Gasteiger partial charge >= 0.3 is 0 Å². The van der Waals surface area contributed by atoms with E-state index in [2.05, 4.69) is 12.2 Å². The lowest BCUT2D eigenvalue weighted by Gasteiger charge is -2.43. The van der Waals surface area contributed by atoms with E-state index in [4.69, 9.17) is 9.47 Å². The molecule has 0 radical (unpaired) electrons. The minimum absolute atomic E-state index is 0.0145. The van der Waals surface area contributed by atoms with Gasteiger partial charge in [0.05, 0.1) is 18.3 Å². The molecule has 4 atom stereocenters. The number of hydrogen-bond donors (Lipinski definition) is 1. The van der Waals surface area contributed by atoms with Crippen LogP contribution in [0.1, 0.15) is 55.8 Å². The maximum atomic E-state index is 14.4. The molecule has 4 rings (SSSR count). The first-order valence-electron chi connectivity index (χ1n) is 10.6. The predicted octanol–water partition coefficient (Wildman–Crippen LogP) is 2.87. The number of rotatable bonds is 4.